The van der Waals surface area contributed by atoms with E-state index in [2.05, 4.69) is 30.7 Å². The van der Waals surface area contributed by atoms with E-state index in [9.17, 15) is 14.7 Å². The number of ketones is 1. The molecule has 1 unspecified atom stereocenters. The largest absolute Gasteiger partial charge is 0.507 e. The number of hydrogen-bond donors (Lipinski definition) is 1. The summed E-state index contributed by atoms with van der Waals surface area (Å²) < 4.78 is 5.80. The first kappa shape index (κ1) is 24.1. The number of rotatable bonds is 6. The zero-order valence-corrected chi connectivity index (χ0v) is 20.4. The molecule has 0 radical (unpaired) electrons. The second-order valence-electron chi connectivity index (χ2n) is 9.46. The van der Waals surface area contributed by atoms with Crippen molar-refractivity contribution in [1.29, 1.82) is 0 Å². The van der Waals surface area contributed by atoms with Crippen molar-refractivity contribution < 1.29 is 19.4 Å². The molecule has 1 amide bonds. The Bertz CT molecular complexity index is 1260. The quantitative estimate of drug-likeness (QED) is 0.316. The van der Waals surface area contributed by atoms with E-state index >= 15 is 0 Å². The monoisotopic (exact) mass is 471 g/mol. The van der Waals surface area contributed by atoms with Crippen LogP contribution < -0.4 is 4.74 Å². The highest BCUT2D eigenvalue weighted by molar-refractivity contribution is 6.46. The topological polar surface area (TPSA) is 92.6 Å². The van der Waals surface area contributed by atoms with Crippen LogP contribution >= 0.6 is 0 Å². The van der Waals surface area contributed by atoms with E-state index in [0.29, 0.717) is 17.7 Å². The molecule has 3 heterocycles. The number of amides is 1. The summed E-state index contributed by atoms with van der Waals surface area (Å²) in [6.07, 6.45) is 6.51. The minimum Gasteiger partial charge on any atom is -0.507 e. The molecule has 180 valence electrons. The molecule has 1 aromatic carbocycles. The Labute approximate surface area is 205 Å². The van der Waals surface area contributed by atoms with Gasteiger partial charge in [-0.2, -0.15) is 0 Å². The lowest BCUT2D eigenvalue weighted by Crippen LogP contribution is -2.29. The van der Waals surface area contributed by atoms with E-state index in [1.54, 1.807) is 61.2 Å². The minimum absolute atomic E-state index is 0.0427. The Balaban J connectivity index is 1.87. The van der Waals surface area contributed by atoms with Crippen molar-refractivity contribution in [1.82, 2.24) is 14.9 Å². The fourth-order valence-electron chi connectivity index (χ4n) is 4.31. The van der Waals surface area contributed by atoms with Crippen LogP contribution in [0.5, 0.6) is 5.75 Å². The van der Waals surface area contributed by atoms with Gasteiger partial charge in [-0.3, -0.25) is 19.6 Å². The lowest BCUT2D eigenvalue weighted by molar-refractivity contribution is -0.140. The highest BCUT2D eigenvalue weighted by atomic mass is 16.5. The number of carbonyl (C=O) groups is 2. The summed E-state index contributed by atoms with van der Waals surface area (Å²) in [7, 11) is 0. The predicted molar refractivity (Wildman–Crippen MR) is 133 cm³/mol. The van der Waals surface area contributed by atoms with E-state index < -0.39 is 17.7 Å². The standard InChI is InChI=1S/C28H29N3O4/c1-5-35-22-9-8-19(15-21(22)28(2,3)4)25(32)23-24(20-7-6-12-30-16-20)31(27(34)26(23)33)17-18-10-13-29-14-11-18/h6-16,24,32H,5,17H2,1-4H3/b25-23-. The van der Waals surface area contributed by atoms with Crippen LogP contribution in [0.2, 0.25) is 0 Å². The first-order valence-corrected chi connectivity index (χ1v) is 11.6. The maximum absolute atomic E-state index is 13.3. The van der Waals surface area contributed by atoms with Crippen LogP contribution in [0.3, 0.4) is 0 Å². The second kappa shape index (κ2) is 9.70. The number of pyridine rings is 2. The van der Waals surface area contributed by atoms with Crippen molar-refractivity contribution in [2.24, 2.45) is 0 Å². The first-order valence-electron chi connectivity index (χ1n) is 11.6. The lowest BCUT2D eigenvalue weighted by atomic mass is 9.84. The Morgan fingerprint density at radius 2 is 1.80 bits per heavy atom. The number of likely N-dealkylation sites (tertiary alicyclic amines) is 1. The second-order valence-corrected chi connectivity index (χ2v) is 9.46. The van der Waals surface area contributed by atoms with E-state index in [1.807, 2.05) is 13.0 Å². The summed E-state index contributed by atoms with van der Waals surface area (Å²) in [5, 5.41) is 11.4. The molecule has 1 fully saturated rings. The third kappa shape index (κ3) is 4.80. The van der Waals surface area contributed by atoms with Crippen LogP contribution in [0.4, 0.5) is 0 Å². The molecular formula is C28H29N3O4. The molecule has 1 aliphatic heterocycles. The Hall–Kier alpha value is -4.00. The smallest absolute Gasteiger partial charge is 0.295 e. The van der Waals surface area contributed by atoms with Crippen LogP contribution in [0, 0.1) is 0 Å². The molecule has 0 spiro atoms. The van der Waals surface area contributed by atoms with E-state index in [-0.39, 0.29) is 23.3 Å². The SMILES string of the molecule is CCOc1ccc(/C(O)=C2/C(=O)C(=O)N(Cc3ccncc3)C2c2cccnc2)cc1C(C)(C)C. The number of benzene rings is 1. The van der Waals surface area contributed by atoms with Crippen LogP contribution in [0.15, 0.2) is 72.8 Å². The number of aliphatic hydroxyl groups excluding tert-OH is 1. The van der Waals surface area contributed by atoms with Gasteiger partial charge in [0.2, 0.25) is 0 Å². The van der Waals surface area contributed by atoms with Gasteiger partial charge in [0.05, 0.1) is 18.2 Å². The van der Waals surface area contributed by atoms with Gasteiger partial charge in [-0.15, -0.1) is 0 Å². The molecule has 1 N–H and O–H groups in total. The van der Waals surface area contributed by atoms with E-state index in [4.69, 9.17) is 4.74 Å². The van der Waals surface area contributed by atoms with Crippen molar-refractivity contribution in [3.05, 3.63) is 95.1 Å². The number of nitrogens with zero attached hydrogens (tertiary/aromatic N) is 3. The number of ether oxygens (including phenoxy) is 1. The zero-order valence-electron chi connectivity index (χ0n) is 20.4. The third-order valence-corrected chi connectivity index (χ3v) is 6.00. The highest BCUT2D eigenvalue weighted by Gasteiger charge is 2.46. The average Bonchev–Trinajstić information content (AvgIpc) is 3.09. The molecule has 7 heteroatoms. The van der Waals surface area contributed by atoms with Gasteiger partial charge in [0, 0.05) is 42.5 Å². The molecule has 0 bridgehead atoms. The Kier molecular flexibility index (Phi) is 6.69. The molecule has 0 aliphatic carbocycles. The van der Waals surface area contributed by atoms with Crippen LogP contribution in [0.25, 0.3) is 5.76 Å². The Morgan fingerprint density at radius 1 is 1.06 bits per heavy atom. The Morgan fingerprint density at radius 3 is 2.43 bits per heavy atom. The van der Waals surface area contributed by atoms with Crippen molar-refractivity contribution in [3.8, 4) is 5.75 Å². The number of aromatic nitrogens is 2. The molecule has 35 heavy (non-hydrogen) atoms. The predicted octanol–water partition coefficient (Wildman–Crippen LogP) is 4.79. The van der Waals surface area contributed by atoms with Crippen LogP contribution in [0.1, 0.15) is 56.0 Å². The van der Waals surface area contributed by atoms with E-state index in [0.717, 1.165) is 16.9 Å². The number of Topliss-reactive ketones (excluding diaryl/α,β-unsaturated/α-hetero) is 1. The van der Waals surface area contributed by atoms with Crippen molar-refractivity contribution in [2.45, 2.75) is 45.7 Å². The summed E-state index contributed by atoms with van der Waals surface area (Å²) in [4.78, 5) is 36.1. The van der Waals surface area contributed by atoms with Crippen molar-refractivity contribution >= 4 is 17.4 Å². The van der Waals surface area contributed by atoms with Crippen molar-refractivity contribution in [3.63, 3.8) is 0 Å². The average molecular weight is 472 g/mol. The van der Waals surface area contributed by atoms with Gasteiger partial charge in [0.15, 0.2) is 0 Å². The summed E-state index contributed by atoms with van der Waals surface area (Å²) in [5.41, 5.74) is 2.59. The van der Waals surface area contributed by atoms with Gasteiger partial charge in [-0.1, -0.05) is 26.8 Å². The van der Waals surface area contributed by atoms with Gasteiger partial charge in [-0.25, -0.2) is 0 Å². The zero-order chi connectivity index (χ0) is 25.2. The van der Waals surface area contributed by atoms with Gasteiger partial charge in [0.1, 0.15) is 11.5 Å². The molecule has 3 aromatic rings. The molecule has 1 aliphatic rings. The maximum Gasteiger partial charge on any atom is 0.295 e. The fourth-order valence-corrected chi connectivity index (χ4v) is 4.31. The summed E-state index contributed by atoms with van der Waals surface area (Å²) in [6.45, 7) is 8.78. The molecule has 4 rings (SSSR count). The summed E-state index contributed by atoms with van der Waals surface area (Å²) in [6, 6.07) is 11.7. The van der Waals surface area contributed by atoms with Gasteiger partial charge in [0.25, 0.3) is 11.7 Å². The van der Waals surface area contributed by atoms with Gasteiger partial charge in [-0.05, 0) is 59.9 Å². The highest BCUT2D eigenvalue weighted by Crippen LogP contribution is 2.41. The summed E-state index contributed by atoms with van der Waals surface area (Å²) >= 11 is 0. The number of hydrogen-bond acceptors (Lipinski definition) is 6. The normalized spacial score (nSPS) is 17.6. The van der Waals surface area contributed by atoms with E-state index in [1.165, 1.54) is 4.90 Å². The third-order valence-electron chi connectivity index (χ3n) is 6.00. The lowest BCUT2D eigenvalue weighted by Gasteiger charge is -2.26. The number of carbonyl (C=O) groups excluding carboxylic acids is 2. The van der Waals surface area contributed by atoms with Gasteiger partial charge >= 0.3 is 0 Å². The molecule has 7 nitrogen and oxygen atoms in total. The molecular weight excluding hydrogens is 442 g/mol. The minimum atomic E-state index is -0.776. The van der Waals surface area contributed by atoms with Gasteiger partial charge < -0.3 is 14.7 Å². The number of aliphatic hydroxyl groups is 1. The fraction of sp³-hybridized carbons (Fsp3) is 0.286. The molecule has 1 saturated heterocycles. The van der Waals surface area contributed by atoms with Crippen LogP contribution in [-0.4, -0.2) is 38.3 Å². The van der Waals surface area contributed by atoms with Crippen molar-refractivity contribution in [2.75, 3.05) is 6.61 Å². The molecule has 1 atom stereocenters. The molecule has 2 aromatic heterocycles. The first-order chi connectivity index (χ1) is 16.7. The summed E-state index contributed by atoms with van der Waals surface area (Å²) in [5.74, 6) is -0.891. The van der Waals surface area contributed by atoms with Crippen LogP contribution in [-0.2, 0) is 21.5 Å². The maximum atomic E-state index is 13.3. The molecule has 0 saturated carbocycles.